The number of phenolic OH excluding ortho intramolecular Hbond substituents is 3. The highest BCUT2D eigenvalue weighted by atomic mass is 128. The van der Waals surface area contributed by atoms with Crippen LogP contribution in [0.15, 0.2) is 67.3 Å². The topological polar surface area (TPSA) is 107 Å². The predicted molar refractivity (Wildman–Crippen MR) is 247 cm³/mol. The number of ether oxygens (including phenoxy) is 3. The zero-order valence-corrected chi connectivity index (χ0v) is 41.8. The average Bonchev–Trinajstić information content (AvgIpc) is 3.07. The van der Waals surface area contributed by atoms with Gasteiger partial charge in [0.05, 0.1) is 21.3 Å². The van der Waals surface area contributed by atoms with E-state index in [9.17, 15) is 15.3 Å². The third kappa shape index (κ3) is 22.0. The van der Waals surface area contributed by atoms with E-state index in [4.69, 9.17) is 22.4 Å². The Balaban J connectivity index is 0.00000101. The molecule has 3 aromatic rings. The molecule has 294 valence electrons. The van der Waals surface area contributed by atoms with Crippen LogP contribution in [0, 0.1) is 0 Å². The Morgan fingerprint density at radius 3 is 1.23 bits per heavy atom. The fourth-order valence-electron chi connectivity index (χ4n) is 5.60. The number of benzene rings is 3. The summed E-state index contributed by atoms with van der Waals surface area (Å²) in [7, 11) is -0.143. The van der Waals surface area contributed by atoms with Crippen molar-refractivity contribution in [3.05, 3.63) is 83.9 Å². The van der Waals surface area contributed by atoms with Crippen molar-refractivity contribution in [3.63, 3.8) is 0 Å². The molecule has 14 heteroatoms. The van der Waals surface area contributed by atoms with Crippen molar-refractivity contribution in [1.29, 1.82) is 0 Å². The van der Waals surface area contributed by atoms with Crippen LogP contribution in [0.4, 0.5) is 0 Å². The number of allylic oxidation sites excluding steroid dienone is 1. The first-order valence-electron chi connectivity index (χ1n) is 17.6. The molecular formula is C38H64I2O8Si4. The average molecular weight is 1020 g/mol. The van der Waals surface area contributed by atoms with Gasteiger partial charge < -0.3 is 37.8 Å². The van der Waals surface area contributed by atoms with Gasteiger partial charge in [-0.15, -0.1) is 6.58 Å². The minimum atomic E-state index is -1.75. The number of methoxy groups -OCH3 is 3. The smallest absolute Gasteiger partial charge is 0.173 e. The Morgan fingerprint density at radius 1 is 0.615 bits per heavy atom. The fraction of sp³-hybridized carbons (Fsp3) is 0.474. The lowest BCUT2D eigenvalue weighted by Crippen LogP contribution is -2.44. The minimum absolute atomic E-state index is 0.172. The fourth-order valence-corrected chi connectivity index (χ4v) is 18.8. The molecule has 8 nitrogen and oxygen atoms in total. The van der Waals surface area contributed by atoms with Gasteiger partial charge in [-0.3, -0.25) is 0 Å². The second kappa shape index (κ2) is 27.1. The van der Waals surface area contributed by atoms with Gasteiger partial charge in [-0.05, 0) is 150 Å². The zero-order valence-electron chi connectivity index (χ0n) is 33.2. The second-order valence-corrected chi connectivity index (χ2v) is 28.2. The van der Waals surface area contributed by atoms with E-state index in [0.717, 1.165) is 49.8 Å². The molecule has 0 bridgehead atoms. The van der Waals surface area contributed by atoms with Crippen LogP contribution in [-0.2, 0) is 27.5 Å². The van der Waals surface area contributed by atoms with Crippen LogP contribution in [0.1, 0.15) is 29.5 Å². The SMILES string of the molecule is C=CCc1ccc(O)c(OC)c1.COc1cc(CCC[Si](C)(C)O[Si](C)(C)CCCc2ccc(O)c(OC)c2)ccc1O.C[SiH](C)O[SiH](C)C.II. The quantitative estimate of drug-likeness (QED) is 0.0698. The van der Waals surface area contributed by atoms with Gasteiger partial charge in [0, 0.05) is 37.2 Å². The molecule has 0 aliphatic carbocycles. The third-order valence-corrected chi connectivity index (χ3v) is 19.6. The highest BCUT2D eigenvalue weighted by molar-refractivity contribution is 15.0. The molecule has 0 unspecified atom stereocenters. The van der Waals surface area contributed by atoms with Crippen molar-refractivity contribution in [1.82, 2.24) is 0 Å². The lowest BCUT2D eigenvalue weighted by Gasteiger charge is -2.34. The molecule has 52 heavy (non-hydrogen) atoms. The van der Waals surface area contributed by atoms with Crippen LogP contribution in [-0.4, -0.2) is 71.4 Å². The van der Waals surface area contributed by atoms with Gasteiger partial charge in [0.1, 0.15) is 0 Å². The zero-order chi connectivity index (χ0) is 39.9. The van der Waals surface area contributed by atoms with E-state index < -0.39 is 34.7 Å². The largest absolute Gasteiger partial charge is 0.504 e. The number of hydrogen-bond donors (Lipinski definition) is 3. The van der Waals surface area contributed by atoms with Gasteiger partial charge in [-0.1, -0.05) is 24.3 Å². The lowest BCUT2D eigenvalue weighted by molar-refractivity contribution is 0.373. The summed E-state index contributed by atoms with van der Waals surface area (Å²) in [5, 5.41) is 28.7. The first kappa shape index (κ1) is 50.4. The van der Waals surface area contributed by atoms with Crippen molar-refractivity contribution in [2.24, 2.45) is 0 Å². The monoisotopic (exact) mass is 1010 g/mol. The van der Waals surface area contributed by atoms with Gasteiger partial charge in [-0.2, -0.15) is 0 Å². The molecule has 0 aliphatic heterocycles. The summed E-state index contributed by atoms with van der Waals surface area (Å²) in [6, 6.07) is 18.7. The Morgan fingerprint density at radius 2 is 0.942 bits per heavy atom. The van der Waals surface area contributed by atoms with Gasteiger partial charge in [0.2, 0.25) is 0 Å². The maximum Gasteiger partial charge on any atom is 0.173 e. The summed E-state index contributed by atoms with van der Waals surface area (Å²) >= 11 is 4.24. The third-order valence-electron chi connectivity index (χ3n) is 7.70. The van der Waals surface area contributed by atoms with Crippen molar-refractivity contribution >= 4 is 71.9 Å². The first-order chi connectivity index (χ1) is 24.4. The maximum absolute atomic E-state index is 9.75. The molecule has 0 aromatic heterocycles. The molecule has 0 atom stereocenters. The molecule has 0 saturated carbocycles. The number of aromatic hydroxyl groups is 3. The number of rotatable bonds is 17. The molecule has 3 aromatic carbocycles. The summed E-state index contributed by atoms with van der Waals surface area (Å²) in [5.74, 6) is 2.11. The van der Waals surface area contributed by atoms with Crippen LogP contribution < -0.4 is 14.2 Å². The Labute approximate surface area is 343 Å². The van der Waals surface area contributed by atoms with Crippen molar-refractivity contribution in [2.75, 3.05) is 21.3 Å². The summed E-state index contributed by atoms with van der Waals surface area (Å²) in [4.78, 5) is 0. The first-order valence-corrected chi connectivity index (χ1v) is 35.7. The van der Waals surface area contributed by atoms with Gasteiger partial charge in [0.25, 0.3) is 0 Å². The molecular weight excluding hydrogens is 951 g/mol. The van der Waals surface area contributed by atoms with E-state index in [1.54, 1.807) is 38.5 Å². The van der Waals surface area contributed by atoms with Gasteiger partial charge in [0.15, 0.2) is 69.2 Å². The van der Waals surface area contributed by atoms with Crippen LogP contribution in [0.25, 0.3) is 0 Å². The maximum atomic E-state index is 9.75. The molecule has 0 saturated heterocycles. The highest BCUT2D eigenvalue weighted by Gasteiger charge is 2.32. The van der Waals surface area contributed by atoms with Gasteiger partial charge >= 0.3 is 0 Å². The van der Waals surface area contributed by atoms with Crippen LogP contribution in [0.3, 0.4) is 0 Å². The predicted octanol–water partition coefficient (Wildman–Crippen LogP) is 11.0. The Bertz CT molecular complexity index is 1370. The van der Waals surface area contributed by atoms with E-state index >= 15 is 0 Å². The summed E-state index contributed by atoms with van der Waals surface area (Å²) in [5.41, 5.74) is 3.44. The molecule has 3 rings (SSSR count). The van der Waals surface area contributed by atoms with Crippen molar-refractivity contribution < 1.29 is 37.8 Å². The molecule has 0 fully saturated rings. The number of phenols is 3. The number of hydrogen-bond acceptors (Lipinski definition) is 8. The minimum Gasteiger partial charge on any atom is -0.504 e. The van der Waals surface area contributed by atoms with E-state index in [1.165, 1.54) is 18.2 Å². The highest BCUT2D eigenvalue weighted by Crippen LogP contribution is 2.30. The Kier molecular flexibility index (Phi) is 26.3. The summed E-state index contributed by atoms with van der Waals surface area (Å²) in [6.07, 6.45) is 6.67. The molecule has 0 heterocycles. The number of aryl methyl sites for hydroxylation is 2. The van der Waals surface area contributed by atoms with E-state index in [1.807, 2.05) is 36.4 Å². The molecule has 0 radical (unpaired) electrons. The summed E-state index contributed by atoms with van der Waals surface area (Å²) < 4.78 is 27.7. The van der Waals surface area contributed by atoms with Crippen molar-refractivity contribution in [3.8, 4) is 34.5 Å². The molecule has 3 N–H and O–H groups in total. The molecule has 0 amide bonds. The van der Waals surface area contributed by atoms with Crippen LogP contribution in [0.2, 0.25) is 64.5 Å². The van der Waals surface area contributed by atoms with Crippen LogP contribution in [0.5, 0.6) is 34.5 Å². The summed E-state index contributed by atoms with van der Waals surface area (Å²) in [6.45, 7) is 21.8. The van der Waals surface area contributed by atoms with E-state index in [0.29, 0.717) is 17.2 Å². The van der Waals surface area contributed by atoms with E-state index in [2.05, 4.69) is 96.2 Å². The number of halogens is 2. The second-order valence-electron chi connectivity index (χ2n) is 14.1. The molecule has 0 aliphatic rings. The molecule has 0 spiro atoms. The standard InChI is InChI=1S/C24H38O5Si2.C10H12O2.C4H14OSi2.I2/c1-27-23-17-19(11-13-21(23)25)9-7-15-30(3,4)29-31(5,6)16-8-10-20-12-14-22(26)24(18-20)28-2;1-3-4-8-5-6-9(11)10(7-8)12-2;1-6(2)5-7(3)4;1-2/h11-14,17-18,25-26H,7-10,15-16H2,1-6H3;3,5-7,11H,1,4H2,2H3;6-7H,1-4H3;. The van der Waals surface area contributed by atoms with Crippen LogP contribution >= 0.6 is 37.2 Å². The normalized spacial score (nSPS) is 11.0. The Hall–Kier alpha value is -1.55. The van der Waals surface area contributed by atoms with Gasteiger partial charge in [-0.25, -0.2) is 0 Å². The van der Waals surface area contributed by atoms with E-state index in [-0.39, 0.29) is 17.2 Å². The van der Waals surface area contributed by atoms with Crippen molar-refractivity contribution in [2.45, 2.75) is 96.6 Å². The lowest BCUT2D eigenvalue weighted by atomic mass is 10.1.